The van der Waals surface area contributed by atoms with Crippen LogP contribution in [0.3, 0.4) is 0 Å². The minimum atomic E-state index is -3.27. The zero-order chi connectivity index (χ0) is 21.7. The summed E-state index contributed by atoms with van der Waals surface area (Å²) in [5, 5.41) is 9.06. The van der Waals surface area contributed by atoms with E-state index in [0.717, 1.165) is 12.1 Å². The molecule has 0 aliphatic carbocycles. The summed E-state index contributed by atoms with van der Waals surface area (Å²) in [5.41, 5.74) is 0.787. The first-order valence-corrected chi connectivity index (χ1v) is 8.35. The fraction of sp³-hybridized carbons (Fsp3) is 0.158. The number of hydrogen-bond donors (Lipinski definition) is 1. The van der Waals surface area contributed by atoms with Crippen molar-refractivity contribution < 1.29 is 41.4 Å². The normalized spacial score (nSPS) is 11.0. The molecule has 0 saturated heterocycles. The van der Waals surface area contributed by atoms with Crippen LogP contribution in [0.25, 0.3) is 0 Å². The molecule has 2 aromatic carbocycles. The van der Waals surface area contributed by atoms with E-state index in [1.54, 1.807) is 4.90 Å². The van der Waals surface area contributed by atoms with Gasteiger partial charge in [-0.2, -0.15) is 17.6 Å². The lowest BCUT2D eigenvalue weighted by molar-refractivity contribution is -0.0692. The maximum Gasteiger partial charge on any atom is 0.387 e. The van der Waals surface area contributed by atoms with Crippen LogP contribution >= 0.6 is 0 Å². The van der Waals surface area contributed by atoms with E-state index in [1.165, 1.54) is 42.9 Å². The summed E-state index contributed by atoms with van der Waals surface area (Å²) in [6.07, 6.45) is 2.63. The lowest BCUT2D eigenvalue weighted by atomic mass is 10.1. The van der Waals surface area contributed by atoms with Crippen LogP contribution in [0.15, 0.2) is 59.5 Å². The maximum atomic E-state index is 12.8. The molecule has 3 rings (SSSR count). The zero-order valence-electron chi connectivity index (χ0n) is 15.0. The number of nitrogens with zero attached hydrogens (tertiary/aromatic N) is 2. The van der Waals surface area contributed by atoms with Crippen LogP contribution in [0.4, 0.5) is 28.9 Å². The second-order valence-electron chi connectivity index (χ2n) is 5.79. The molecule has 0 aliphatic rings. The summed E-state index contributed by atoms with van der Waals surface area (Å²) in [6.45, 7) is -6.42. The largest absolute Gasteiger partial charge is 0.478 e. The maximum absolute atomic E-state index is 12.8. The third-order valence-electron chi connectivity index (χ3n) is 3.89. The van der Waals surface area contributed by atoms with E-state index in [4.69, 9.17) is 9.52 Å². The number of rotatable bonds is 9. The molecular weight excluding hydrogens is 412 g/mol. The molecule has 0 fully saturated rings. The Bertz CT molecular complexity index is 981. The van der Waals surface area contributed by atoms with Crippen molar-refractivity contribution in [2.75, 3.05) is 4.90 Å². The van der Waals surface area contributed by atoms with E-state index in [9.17, 15) is 22.4 Å². The van der Waals surface area contributed by atoms with Crippen LogP contribution in [0.1, 0.15) is 16.1 Å². The van der Waals surface area contributed by atoms with Gasteiger partial charge < -0.3 is 23.9 Å². The Morgan fingerprint density at radius 1 is 1.00 bits per heavy atom. The highest BCUT2D eigenvalue weighted by atomic mass is 19.3. The minimum Gasteiger partial charge on any atom is -0.478 e. The van der Waals surface area contributed by atoms with Crippen LogP contribution in [0.5, 0.6) is 11.5 Å². The van der Waals surface area contributed by atoms with Gasteiger partial charge >= 0.3 is 19.2 Å². The number of anilines is 2. The van der Waals surface area contributed by atoms with Gasteiger partial charge in [0.15, 0.2) is 17.9 Å². The van der Waals surface area contributed by atoms with Gasteiger partial charge in [0.2, 0.25) is 0 Å². The zero-order valence-corrected chi connectivity index (χ0v) is 15.0. The Kier molecular flexibility index (Phi) is 6.40. The van der Waals surface area contributed by atoms with Gasteiger partial charge in [-0.1, -0.05) is 0 Å². The molecule has 1 heterocycles. The molecule has 0 spiro atoms. The molecule has 0 unspecified atom stereocenters. The number of carbonyl (C=O) groups is 1. The van der Waals surface area contributed by atoms with Crippen molar-refractivity contribution >= 4 is 17.3 Å². The minimum absolute atomic E-state index is 0.0424. The second kappa shape index (κ2) is 9.16. The number of ether oxygens (including phenoxy) is 2. The monoisotopic (exact) mass is 426 g/mol. The molecule has 1 N–H and O–H groups in total. The van der Waals surface area contributed by atoms with Gasteiger partial charge in [0, 0.05) is 17.4 Å². The van der Waals surface area contributed by atoms with Crippen molar-refractivity contribution in [3.8, 4) is 11.5 Å². The summed E-state index contributed by atoms with van der Waals surface area (Å²) in [5.74, 6) is -1.87. The highest BCUT2D eigenvalue weighted by Crippen LogP contribution is 2.37. The van der Waals surface area contributed by atoms with Crippen molar-refractivity contribution in [2.45, 2.75) is 19.8 Å². The van der Waals surface area contributed by atoms with Crippen LogP contribution in [0, 0.1) is 0 Å². The van der Waals surface area contributed by atoms with E-state index in [-0.39, 0.29) is 17.8 Å². The summed E-state index contributed by atoms with van der Waals surface area (Å²) < 4.78 is 64.4. The number of aromatic carboxylic acids is 1. The highest BCUT2D eigenvalue weighted by molar-refractivity contribution is 5.88. The van der Waals surface area contributed by atoms with E-state index >= 15 is 0 Å². The fourth-order valence-electron chi connectivity index (χ4n) is 2.64. The van der Waals surface area contributed by atoms with E-state index in [0.29, 0.717) is 11.4 Å². The Labute approximate surface area is 167 Å². The molecule has 7 nitrogen and oxygen atoms in total. The van der Waals surface area contributed by atoms with E-state index in [2.05, 4.69) is 14.5 Å². The molecule has 11 heteroatoms. The van der Waals surface area contributed by atoms with E-state index in [1.807, 2.05) is 0 Å². The number of benzene rings is 2. The molecule has 0 radical (unpaired) electrons. The molecule has 0 bridgehead atoms. The quantitative estimate of drug-likeness (QED) is 0.487. The van der Waals surface area contributed by atoms with Gasteiger partial charge in [-0.25, -0.2) is 9.78 Å². The molecular formula is C19H14F4N2O5. The van der Waals surface area contributed by atoms with Crippen LogP contribution < -0.4 is 14.4 Å². The molecule has 0 amide bonds. The predicted octanol–water partition coefficient (Wildman–Crippen LogP) is 4.91. The third kappa shape index (κ3) is 5.19. The van der Waals surface area contributed by atoms with Crippen molar-refractivity contribution in [2.24, 2.45) is 0 Å². The standard InChI is InChI=1S/C19H14F4N2O5/c20-18(21)29-15-6-5-13(7-16(15)30-19(22)23)25(9-14-8-24-10-28-14)12-3-1-11(2-4-12)17(26)27/h1-8,10,18-19H,9H2,(H,26,27). The van der Waals surface area contributed by atoms with E-state index < -0.39 is 30.7 Å². The fourth-order valence-corrected chi connectivity index (χ4v) is 2.64. The second-order valence-corrected chi connectivity index (χ2v) is 5.79. The molecule has 0 aliphatic heterocycles. The molecule has 158 valence electrons. The summed E-state index contributed by atoms with van der Waals surface area (Å²) in [7, 11) is 0. The number of hydrogen-bond acceptors (Lipinski definition) is 6. The summed E-state index contributed by atoms with van der Waals surface area (Å²) >= 11 is 0. The topological polar surface area (TPSA) is 85.0 Å². The number of alkyl halides is 4. The Balaban J connectivity index is 2.02. The van der Waals surface area contributed by atoms with Crippen LogP contribution in [0.2, 0.25) is 0 Å². The lowest BCUT2D eigenvalue weighted by Crippen LogP contribution is -2.17. The average Bonchev–Trinajstić information content (AvgIpc) is 3.20. The Morgan fingerprint density at radius 2 is 1.63 bits per heavy atom. The smallest absolute Gasteiger partial charge is 0.387 e. The number of carboxylic acids is 1. The Hall–Kier alpha value is -3.76. The van der Waals surface area contributed by atoms with Crippen molar-refractivity contribution in [3.63, 3.8) is 0 Å². The SMILES string of the molecule is O=C(O)c1ccc(N(Cc2cnco2)c2ccc(OC(F)F)c(OC(F)F)c2)cc1. The third-order valence-corrected chi connectivity index (χ3v) is 3.89. The predicted molar refractivity (Wildman–Crippen MR) is 95.5 cm³/mol. The number of halogens is 4. The van der Waals surface area contributed by atoms with Crippen LogP contribution in [-0.4, -0.2) is 29.3 Å². The number of oxazole rings is 1. The Morgan fingerprint density at radius 3 is 2.20 bits per heavy atom. The number of carboxylic acid groups (broad SMARTS) is 1. The van der Waals surface area contributed by atoms with Gasteiger partial charge in [-0.3, -0.25) is 0 Å². The average molecular weight is 426 g/mol. The summed E-state index contributed by atoms with van der Waals surface area (Å²) in [4.78, 5) is 16.5. The van der Waals surface area contributed by atoms with Gasteiger partial charge in [0.05, 0.1) is 18.3 Å². The van der Waals surface area contributed by atoms with Crippen molar-refractivity contribution in [3.05, 3.63) is 66.4 Å². The highest BCUT2D eigenvalue weighted by Gasteiger charge is 2.19. The lowest BCUT2D eigenvalue weighted by Gasteiger charge is -2.25. The van der Waals surface area contributed by atoms with Gasteiger partial charge in [0.25, 0.3) is 0 Å². The van der Waals surface area contributed by atoms with Gasteiger partial charge in [-0.15, -0.1) is 0 Å². The first kappa shape index (κ1) is 21.0. The first-order valence-electron chi connectivity index (χ1n) is 8.35. The molecule has 0 saturated carbocycles. The number of aromatic nitrogens is 1. The van der Waals surface area contributed by atoms with Gasteiger partial charge in [-0.05, 0) is 36.4 Å². The van der Waals surface area contributed by atoms with Crippen molar-refractivity contribution in [1.29, 1.82) is 0 Å². The molecule has 3 aromatic rings. The molecule has 30 heavy (non-hydrogen) atoms. The van der Waals surface area contributed by atoms with Crippen LogP contribution in [-0.2, 0) is 6.54 Å². The van der Waals surface area contributed by atoms with Crippen molar-refractivity contribution in [1.82, 2.24) is 4.98 Å². The first-order chi connectivity index (χ1) is 14.3. The molecule has 1 aromatic heterocycles. The molecule has 0 atom stereocenters. The summed E-state index contributed by atoms with van der Waals surface area (Å²) in [6, 6.07) is 9.24. The van der Waals surface area contributed by atoms with Gasteiger partial charge in [0.1, 0.15) is 5.76 Å².